The third-order valence-corrected chi connectivity index (χ3v) is 2.71. The van der Waals surface area contributed by atoms with Crippen molar-refractivity contribution >= 4 is 10.9 Å². The molecule has 0 aliphatic rings. The zero-order chi connectivity index (χ0) is 11.7. The molecule has 0 spiro atoms. The van der Waals surface area contributed by atoms with Gasteiger partial charge in [0.1, 0.15) is 0 Å². The molecule has 2 heterocycles. The Morgan fingerprint density at radius 3 is 2.65 bits per heavy atom. The van der Waals surface area contributed by atoms with Crippen molar-refractivity contribution in [1.29, 1.82) is 0 Å². The number of rotatable bonds is 1. The van der Waals surface area contributed by atoms with E-state index in [1.165, 1.54) is 0 Å². The first-order valence-corrected chi connectivity index (χ1v) is 5.37. The Morgan fingerprint density at radius 2 is 1.82 bits per heavy atom. The van der Waals surface area contributed by atoms with E-state index in [0.717, 1.165) is 16.6 Å². The standard InChI is InChI=1S/C14H10N2O/c17-14-8-7-11-4-1-2-6-13(11)16(14)12-5-3-9-15-10-12/h1-10H. The van der Waals surface area contributed by atoms with Crippen molar-refractivity contribution in [2.45, 2.75) is 0 Å². The number of benzene rings is 1. The minimum absolute atomic E-state index is 0.0447. The summed E-state index contributed by atoms with van der Waals surface area (Å²) >= 11 is 0. The van der Waals surface area contributed by atoms with Crippen molar-refractivity contribution in [1.82, 2.24) is 9.55 Å². The Hall–Kier alpha value is -2.42. The molecule has 0 saturated carbocycles. The number of para-hydroxylation sites is 1. The molecule has 0 aliphatic heterocycles. The monoisotopic (exact) mass is 222 g/mol. The molecule has 0 bridgehead atoms. The Bertz CT molecular complexity index is 717. The number of nitrogens with zero attached hydrogens (tertiary/aromatic N) is 2. The largest absolute Gasteiger partial charge is 0.275 e. The number of aromatic nitrogens is 2. The van der Waals surface area contributed by atoms with Crippen molar-refractivity contribution in [2.75, 3.05) is 0 Å². The van der Waals surface area contributed by atoms with Crippen LogP contribution in [0.3, 0.4) is 0 Å². The maximum Gasteiger partial charge on any atom is 0.255 e. The molecule has 0 N–H and O–H groups in total. The average molecular weight is 222 g/mol. The van der Waals surface area contributed by atoms with Gasteiger partial charge in [0.25, 0.3) is 5.56 Å². The van der Waals surface area contributed by atoms with E-state index in [1.807, 2.05) is 42.5 Å². The van der Waals surface area contributed by atoms with Crippen LogP contribution in [0.2, 0.25) is 0 Å². The van der Waals surface area contributed by atoms with Gasteiger partial charge in [-0.15, -0.1) is 0 Å². The molecule has 0 atom stereocenters. The summed E-state index contributed by atoms with van der Waals surface area (Å²) in [5, 5.41) is 1.04. The average Bonchev–Trinajstić information content (AvgIpc) is 2.39. The van der Waals surface area contributed by atoms with Crippen LogP contribution in [0.5, 0.6) is 0 Å². The maximum absolute atomic E-state index is 12.0. The first kappa shape index (κ1) is 9.78. The minimum atomic E-state index is -0.0447. The van der Waals surface area contributed by atoms with Gasteiger partial charge in [-0.1, -0.05) is 18.2 Å². The molecule has 3 rings (SSSR count). The van der Waals surface area contributed by atoms with Gasteiger partial charge in [0.2, 0.25) is 0 Å². The second-order valence-corrected chi connectivity index (χ2v) is 3.78. The van der Waals surface area contributed by atoms with Gasteiger partial charge >= 0.3 is 0 Å². The zero-order valence-corrected chi connectivity index (χ0v) is 9.08. The van der Waals surface area contributed by atoms with E-state index < -0.39 is 0 Å². The molecule has 0 unspecified atom stereocenters. The lowest BCUT2D eigenvalue weighted by Crippen LogP contribution is -2.17. The summed E-state index contributed by atoms with van der Waals surface area (Å²) in [6.45, 7) is 0. The van der Waals surface area contributed by atoms with Crippen molar-refractivity contribution in [3.8, 4) is 5.69 Å². The van der Waals surface area contributed by atoms with Crippen molar-refractivity contribution in [3.63, 3.8) is 0 Å². The summed E-state index contributed by atoms with van der Waals surface area (Å²) in [5.74, 6) is 0. The SMILES string of the molecule is O=c1ccc2ccccc2n1-c1cccnc1. The summed E-state index contributed by atoms with van der Waals surface area (Å²) in [7, 11) is 0. The summed E-state index contributed by atoms with van der Waals surface area (Å²) < 4.78 is 1.67. The smallest absolute Gasteiger partial charge is 0.255 e. The Labute approximate surface area is 98.0 Å². The number of hydrogen-bond acceptors (Lipinski definition) is 2. The van der Waals surface area contributed by atoms with E-state index in [4.69, 9.17) is 0 Å². The molecule has 0 saturated heterocycles. The molecule has 0 amide bonds. The summed E-state index contributed by atoms with van der Waals surface area (Å²) in [6, 6.07) is 14.9. The lowest BCUT2D eigenvalue weighted by Gasteiger charge is -2.08. The molecule has 3 nitrogen and oxygen atoms in total. The van der Waals surface area contributed by atoms with E-state index >= 15 is 0 Å². The van der Waals surface area contributed by atoms with E-state index in [2.05, 4.69) is 4.98 Å². The van der Waals surface area contributed by atoms with Gasteiger partial charge in [-0.3, -0.25) is 14.3 Å². The van der Waals surface area contributed by atoms with Gasteiger partial charge in [0, 0.05) is 12.3 Å². The van der Waals surface area contributed by atoms with Gasteiger partial charge in [0.05, 0.1) is 17.4 Å². The second kappa shape index (κ2) is 3.87. The fourth-order valence-corrected chi connectivity index (χ4v) is 1.94. The van der Waals surface area contributed by atoms with Crippen LogP contribution < -0.4 is 5.56 Å². The fraction of sp³-hybridized carbons (Fsp3) is 0. The topological polar surface area (TPSA) is 34.9 Å². The van der Waals surface area contributed by atoms with Gasteiger partial charge in [0.15, 0.2) is 0 Å². The minimum Gasteiger partial charge on any atom is -0.275 e. The van der Waals surface area contributed by atoms with Crippen LogP contribution in [0.4, 0.5) is 0 Å². The van der Waals surface area contributed by atoms with Crippen LogP contribution in [-0.4, -0.2) is 9.55 Å². The molecule has 0 radical (unpaired) electrons. The molecule has 82 valence electrons. The van der Waals surface area contributed by atoms with Gasteiger partial charge in [-0.05, 0) is 29.7 Å². The van der Waals surface area contributed by atoms with Crippen LogP contribution in [0.25, 0.3) is 16.6 Å². The zero-order valence-electron chi connectivity index (χ0n) is 9.08. The van der Waals surface area contributed by atoms with Gasteiger partial charge in [-0.25, -0.2) is 0 Å². The highest BCUT2D eigenvalue weighted by atomic mass is 16.1. The Morgan fingerprint density at radius 1 is 0.941 bits per heavy atom. The van der Waals surface area contributed by atoms with E-state index in [-0.39, 0.29) is 5.56 Å². The van der Waals surface area contributed by atoms with Gasteiger partial charge in [-0.2, -0.15) is 0 Å². The third-order valence-electron chi connectivity index (χ3n) is 2.71. The highest BCUT2D eigenvalue weighted by Crippen LogP contribution is 2.14. The number of pyridine rings is 2. The Kier molecular flexibility index (Phi) is 2.22. The normalized spacial score (nSPS) is 10.6. The van der Waals surface area contributed by atoms with Crippen LogP contribution in [0, 0.1) is 0 Å². The summed E-state index contributed by atoms with van der Waals surface area (Å²) in [6.07, 6.45) is 3.38. The van der Waals surface area contributed by atoms with Crippen LogP contribution in [-0.2, 0) is 0 Å². The van der Waals surface area contributed by atoms with Crippen molar-refractivity contribution in [3.05, 3.63) is 71.3 Å². The van der Waals surface area contributed by atoms with Crippen LogP contribution in [0.1, 0.15) is 0 Å². The molecule has 3 heteroatoms. The molecule has 0 aliphatic carbocycles. The number of fused-ring (bicyclic) bond motifs is 1. The van der Waals surface area contributed by atoms with E-state index in [1.54, 1.807) is 23.0 Å². The first-order valence-electron chi connectivity index (χ1n) is 5.37. The van der Waals surface area contributed by atoms with E-state index in [0.29, 0.717) is 0 Å². The molecule has 0 fully saturated rings. The predicted molar refractivity (Wildman–Crippen MR) is 67.3 cm³/mol. The fourth-order valence-electron chi connectivity index (χ4n) is 1.94. The molecule has 1 aromatic carbocycles. The molecular formula is C14H10N2O. The quantitative estimate of drug-likeness (QED) is 0.633. The highest BCUT2D eigenvalue weighted by Gasteiger charge is 2.03. The lowest BCUT2D eigenvalue weighted by molar-refractivity contribution is 1.03. The summed E-state index contributed by atoms with van der Waals surface area (Å²) in [4.78, 5) is 16.0. The van der Waals surface area contributed by atoms with Crippen LogP contribution >= 0.6 is 0 Å². The molecule has 3 aromatic rings. The van der Waals surface area contributed by atoms with Crippen LogP contribution in [0.15, 0.2) is 65.7 Å². The van der Waals surface area contributed by atoms with E-state index in [9.17, 15) is 4.79 Å². The van der Waals surface area contributed by atoms with Crippen molar-refractivity contribution in [2.24, 2.45) is 0 Å². The molecular weight excluding hydrogens is 212 g/mol. The third kappa shape index (κ3) is 1.61. The molecule has 17 heavy (non-hydrogen) atoms. The van der Waals surface area contributed by atoms with Gasteiger partial charge < -0.3 is 0 Å². The first-order chi connectivity index (χ1) is 8.36. The van der Waals surface area contributed by atoms with Crippen molar-refractivity contribution < 1.29 is 0 Å². The molecule has 2 aromatic heterocycles. The summed E-state index contributed by atoms with van der Waals surface area (Å²) in [5.41, 5.74) is 1.64. The highest BCUT2D eigenvalue weighted by molar-refractivity contribution is 5.80. The predicted octanol–water partition coefficient (Wildman–Crippen LogP) is 2.39. The maximum atomic E-state index is 12.0. The second-order valence-electron chi connectivity index (χ2n) is 3.78. The Balaban J connectivity index is 2.43. The number of hydrogen-bond donors (Lipinski definition) is 0. The lowest BCUT2D eigenvalue weighted by atomic mass is 10.2.